The van der Waals surface area contributed by atoms with Gasteiger partial charge in [0.2, 0.25) is 0 Å². The van der Waals surface area contributed by atoms with Gasteiger partial charge in [-0.2, -0.15) is 0 Å². The lowest BCUT2D eigenvalue weighted by Gasteiger charge is -2.06. The van der Waals surface area contributed by atoms with E-state index in [1.54, 1.807) is 12.3 Å². The van der Waals surface area contributed by atoms with Crippen molar-refractivity contribution in [3.05, 3.63) is 39.7 Å². The van der Waals surface area contributed by atoms with Crippen molar-refractivity contribution in [2.24, 2.45) is 0 Å². The van der Waals surface area contributed by atoms with E-state index in [2.05, 4.69) is 4.98 Å². The molecule has 0 radical (unpaired) electrons. The number of aliphatic hydroxyl groups is 1. The van der Waals surface area contributed by atoms with Gasteiger partial charge in [-0.05, 0) is 44.2 Å². The van der Waals surface area contributed by atoms with Gasteiger partial charge in [0.05, 0.1) is 17.0 Å². The number of rotatable bonds is 4. The summed E-state index contributed by atoms with van der Waals surface area (Å²) in [6.07, 6.45) is 7.48. The van der Waals surface area contributed by atoms with Gasteiger partial charge in [-0.25, -0.2) is 4.98 Å². The summed E-state index contributed by atoms with van der Waals surface area (Å²) in [6, 6.07) is 3.62. The third kappa shape index (κ3) is 2.49. The van der Waals surface area contributed by atoms with Crippen LogP contribution in [0.1, 0.15) is 46.7 Å². The van der Waals surface area contributed by atoms with Crippen molar-refractivity contribution in [2.75, 3.05) is 0 Å². The van der Waals surface area contributed by atoms with Gasteiger partial charge in [0.15, 0.2) is 0 Å². The van der Waals surface area contributed by atoms with Crippen molar-refractivity contribution >= 4 is 11.3 Å². The Kier molecular flexibility index (Phi) is 3.48. The van der Waals surface area contributed by atoms with Gasteiger partial charge >= 0.3 is 0 Å². The van der Waals surface area contributed by atoms with Gasteiger partial charge in [0.1, 0.15) is 11.9 Å². The summed E-state index contributed by atoms with van der Waals surface area (Å²) >= 11 is 1.82. The van der Waals surface area contributed by atoms with Crippen LogP contribution in [0.25, 0.3) is 0 Å². The first-order valence-corrected chi connectivity index (χ1v) is 7.33. The molecule has 4 heteroatoms. The van der Waals surface area contributed by atoms with E-state index < -0.39 is 6.10 Å². The SMILES string of the molecule is OC(CCc1nc2c(s1)CCCC2)c1ccco1. The van der Waals surface area contributed by atoms with Crippen molar-refractivity contribution in [3.8, 4) is 0 Å². The van der Waals surface area contributed by atoms with Crippen LogP contribution in [0, 0.1) is 0 Å². The van der Waals surface area contributed by atoms with Gasteiger partial charge < -0.3 is 9.52 Å². The maximum Gasteiger partial charge on any atom is 0.132 e. The van der Waals surface area contributed by atoms with Crippen LogP contribution in [0.3, 0.4) is 0 Å². The number of hydrogen-bond donors (Lipinski definition) is 1. The summed E-state index contributed by atoms with van der Waals surface area (Å²) in [5.74, 6) is 0.649. The average Bonchev–Trinajstić information content (AvgIpc) is 3.04. The Morgan fingerprint density at radius 1 is 1.39 bits per heavy atom. The number of nitrogens with zero attached hydrogens (tertiary/aromatic N) is 1. The first-order valence-electron chi connectivity index (χ1n) is 6.52. The van der Waals surface area contributed by atoms with E-state index in [0.717, 1.165) is 17.8 Å². The molecule has 3 nitrogen and oxygen atoms in total. The minimum absolute atomic E-state index is 0.513. The topological polar surface area (TPSA) is 46.3 Å². The largest absolute Gasteiger partial charge is 0.467 e. The molecule has 0 fully saturated rings. The molecule has 18 heavy (non-hydrogen) atoms. The Morgan fingerprint density at radius 3 is 3.06 bits per heavy atom. The molecule has 1 aliphatic rings. The van der Waals surface area contributed by atoms with Crippen LogP contribution in [0.5, 0.6) is 0 Å². The molecule has 0 aromatic carbocycles. The summed E-state index contributed by atoms with van der Waals surface area (Å²) in [4.78, 5) is 6.14. The van der Waals surface area contributed by atoms with Crippen LogP contribution in [0.15, 0.2) is 22.8 Å². The highest BCUT2D eigenvalue weighted by atomic mass is 32.1. The molecule has 0 saturated carbocycles. The van der Waals surface area contributed by atoms with Crippen LogP contribution in [-0.2, 0) is 19.3 Å². The van der Waals surface area contributed by atoms with Crippen molar-refractivity contribution in [1.29, 1.82) is 0 Å². The van der Waals surface area contributed by atoms with Gasteiger partial charge in [-0.3, -0.25) is 0 Å². The Bertz CT molecular complexity index is 480. The normalized spacial score (nSPS) is 16.5. The van der Waals surface area contributed by atoms with E-state index in [-0.39, 0.29) is 0 Å². The fraction of sp³-hybridized carbons (Fsp3) is 0.500. The highest BCUT2D eigenvalue weighted by Crippen LogP contribution is 2.28. The van der Waals surface area contributed by atoms with Crippen LogP contribution in [0.2, 0.25) is 0 Å². The third-order valence-corrected chi connectivity index (χ3v) is 4.61. The zero-order valence-electron chi connectivity index (χ0n) is 10.3. The Morgan fingerprint density at radius 2 is 2.28 bits per heavy atom. The second kappa shape index (κ2) is 5.24. The molecule has 0 aliphatic heterocycles. The molecule has 96 valence electrons. The molecule has 2 aromatic heterocycles. The van der Waals surface area contributed by atoms with Crippen molar-refractivity contribution in [3.63, 3.8) is 0 Å². The summed E-state index contributed by atoms with van der Waals surface area (Å²) in [5, 5.41) is 11.1. The molecule has 0 spiro atoms. The minimum Gasteiger partial charge on any atom is -0.467 e. The van der Waals surface area contributed by atoms with Crippen LogP contribution >= 0.6 is 11.3 Å². The first kappa shape index (κ1) is 11.9. The van der Waals surface area contributed by atoms with Gasteiger partial charge in [-0.1, -0.05) is 0 Å². The summed E-state index contributed by atoms with van der Waals surface area (Å²) in [5.41, 5.74) is 1.30. The molecular formula is C14H17NO2S. The first-order chi connectivity index (χ1) is 8.83. The quantitative estimate of drug-likeness (QED) is 0.920. The standard InChI is InChI=1S/C14H17NO2S/c16-11(12-5-3-9-17-12)7-8-14-15-10-4-1-2-6-13(10)18-14/h3,5,9,11,16H,1-2,4,6-8H2. The summed E-state index contributed by atoms with van der Waals surface area (Å²) in [7, 11) is 0. The lowest BCUT2D eigenvalue weighted by Crippen LogP contribution is -2.00. The maximum atomic E-state index is 9.96. The zero-order chi connectivity index (χ0) is 12.4. The van der Waals surface area contributed by atoms with Gasteiger partial charge in [0.25, 0.3) is 0 Å². The predicted octanol–water partition coefficient (Wildman–Crippen LogP) is 3.28. The van der Waals surface area contributed by atoms with Gasteiger partial charge in [-0.15, -0.1) is 11.3 Å². The lowest BCUT2D eigenvalue weighted by molar-refractivity contribution is 0.140. The number of hydrogen-bond acceptors (Lipinski definition) is 4. The van der Waals surface area contributed by atoms with Crippen molar-refractivity contribution in [2.45, 2.75) is 44.6 Å². The van der Waals surface area contributed by atoms with Gasteiger partial charge in [0, 0.05) is 11.3 Å². The molecule has 1 atom stereocenters. The molecular weight excluding hydrogens is 246 g/mol. The second-order valence-corrected chi connectivity index (χ2v) is 5.92. The van der Waals surface area contributed by atoms with Crippen molar-refractivity contribution < 1.29 is 9.52 Å². The molecule has 2 heterocycles. The summed E-state index contributed by atoms with van der Waals surface area (Å²) < 4.78 is 5.20. The number of thiazole rings is 1. The fourth-order valence-corrected chi connectivity index (χ4v) is 3.57. The number of aromatic nitrogens is 1. The maximum absolute atomic E-state index is 9.96. The van der Waals surface area contributed by atoms with Crippen molar-refractivity contribution in [1.82, 2.24) is 4.98 Å². The van der Waals surface area contributed by atoms with Crippen LogP contribution in [0.4, 0.5) is 0 Å². The third-order valence-electron chi connectivity index (χ3n) is 3.39. The number of aliphatic hydroxyl groups excluding tert-OH is 1. The minimum atomic E-state index is -0.513. The van der Waals surface area contributed by atoms with E-state index in [1.165, 1.54) is 29.8 Å². The molecule has 1 N–H and O–H groups in total. The molecule has 1 aliphatic carbocycles. The molecule has 2 aromatic rings. The van der Waals surface area contributed by atoms with E-state index in [1.807, 2.05) is 17.4 Å². The molecule has 3 rings (SSSR count). The smallest absolute Gasteiger partial charge is 0.132 e. The van der Waals surface area contributed by atoms with Crippen LogP contribution in [-0.4, -0.2) is 10.1 Å². The van der Waals surface area contributed by atoms with E-state index in [9.17, 15) is 5.11 Å². The number of furan rings is 1. The molecule has 0 amide bonds. The second-order valence-electron chi connectivity index (χ2n) is 4.75. The Balaban J connectivity index is 1.61. The molecule has 0 bridgehead atoms. The summed E-state index contributed by atoms with van der Waals surface area (Å²) in [6.45, 7) is 0. The number of aryl methyl sites for hydroxylation is 3. The van der Waals surface area contributed by atoms with E-state index in [0.29, 0.717) is 12.2 Å². The average molecular weight is 263 g/mol. The zero-order valence-corrected chi connectivity index (χ0v) is 11.1. The van der Waals surface area contributed by atoms with E-state index >= 15 is 0 Å². The van der Waals surface area contributed by atoms with Crippen LogP contribution < -0.4 is 0 Å². The molecule has 1 unspecified atom stereocenters. The fourth-order valence-electron chi connectivity index (χ4n) is 2.40. The lowest BCUT2D eigenvalue weighted by atomic mass is 10.0. The highest BCUT2D eigenvalue weighted by Gasteiger charge is 2.16. The highest BCUT2D eigenvalue weighted by molar-refractivity contribution is 7.11. The Labute approximate surface area is 110 Å². The van der Waals surface area contributed by atoms with E-state index in [4.69, 9.17) is 4.42 Å². The number of fused-ring (bicyclic) bond motifs is 1. The Hall–Kier alpha value is -1.13. The monoisotopic (exact) mass is 263 g/mol. The molecule has 0 saturated heterocycles. The predicted molar refractivity (Wildman–Crippen MR) is 70.7 cm³/mol.